The molecule has 4 atom stereocenters. The van der Waals surface area contributed by atoms with Crippen LogP contribution in [0.3, 0.4) is 0 Å². The molecule has 10 heteroatoms. The number of hydrogen-bond acceptors (Lipinski definition) is 6. The van der Waals surface area contributed by atoms with Gasteiger partial charge in [0, 0.05) is 17.5 Å². The molecule has 10 nitrogen and oxygen atoms in total. The van der Waals surface area contributed by atoms with Crippen molar-refractivity contribution >= 4 is 11.9 Å². The lowest BCUT2D eigenvalue weighted by Crippen LogP contribution is -3.23. The second-order valence-electron chi connectivity index (χ2n) is 8.77. The molecule has 0 heterocycles. The van der Waals surface area contributed by atoms with Crippen LogP contribution in [0, 0.1) is 0 Å². The summed E-state index contributed by atoms with van der Waals surface area (Å²) in [5.41, 5.74) is 2.14. The highest BCUT2D eigenvalue weighted by molar-refractivity contribution is 5.71. The maximum atomic E-state index is 12.0. The summed E-state index contributed by atoms with van der Waals surface area (Å²) in [4.78, 5) is 25.0. The molecule has 2 aromatic carbocycles. The minimum absolute atomic E-state index is 0.00283. The first-order valence-electron chi connectivity index (χ1n) is 11.6. The Hall–Kier alpha value is -3.18. The van der Waals surface area contributed by atoms with E-state index in [9.17, 15) is 40.2 Å². The maximum Gasteiger partial charge on any atom is 0.362 e. The average molecular weight is 493 g/mol. The van der Waals surface area contributed by atoms with Crippen LogP contribution in [0.1, 0.15) is 42.5 Å². The standard InChI is InChI=1S/C25H34N2O8/c1-3-21(25(34)35)27(13-20-10-17(14-28)5-7-22(20)30)9-8-26(16(2)24(32)33)12-19-6-4-18(15-29)11-23(19)31/h4-7,10-11,16,21,28-31H,3,8-9,12-15H2,1-2H3,(H,32,33)(H,34,35)/p+2. The number of quaternary nitrogens is 2. The van der Waals surface area contributed by atoms with Crippen molar-refractivity contribution in [1.29, 1.82) is 0 Å². The molecule has 192 valence electrons. The molecule has 0 spiro atoms. The third kappa shape index (κ3) is 7.66. The van der Waals surface area contributed by atoms with Crippen LogP contribution >= 0.6 is 0 Å². The molecule has 0 saturated carbocycles. The number of phenols is 2. The lowest BCUT2D eigenvalue weighted by atomic mass is 10.1. The highest BCUT2D eigenvalue weighted by atomic mass is 16.4. The molecule has 0 aromatic heterocycles. The zero-order valence-electron chi connectivity index (χ0n) is 20.1. The second kappa shape index (κ2) is 13.1. The first kappa shape index (κ1) is 28.1. The van der Waals surface area contributed by atoms with Gasteiger partial charge in [-0.1, -0.05) is 19.1 Å². The third-order valence-corrected chi connectivity index (χ3v) is 6.44. The van der Waals surface area contributed by atoms with Crippen LogP contribution in [0.5, 0.6) is 11.5 Å². The molecule has 0 amide bonds. The van der Waals surface area contributed by atoms with Gasteiger partial charge < -0.3 is 40.4 Å². The predicted octanol–water partition coefficient (Wildman–Crippen LogP) is -1.11. The van der Waals surface area contributed by atoms with Crippen molar-refractivity contribution in [3.63, 3.8) is 0 Å². The fourth-order valence-corrected chi connectivity index (χ4v) is 4.20. The molecule has 2 rings (SSSR count). The smallest absolute Gasteiger partial charge is 0.362 e. The number of rotatable bonds is 14. The normalized spacial score (nSPS) is 14.7. The zero-order chi connectivity index (χ0) is 26.1. The molecule has 0 saturated heterocycles. The van der Waals surface area contributed by atoms with Crippen LogP contribution in [0.4, 0.5) is 0 Å². The van der Waals surface area contributed by atoms with Gasteiger partial charge in [0.15, 0.2) is 12.1 Å². The fourth-order valence-electron chi connectivity index (χ4n) is 4.20. The van der Waals surface area contributed by atoms with Crippen LogP contribution in [0.15, 0.2) is 36.4 Å². The van der Waals surface area contributed by atoms with E-state index in [1.54, 1.807) is 38.1 Å². The Morgan fingerprint density at radius 2 is 1.37 bits per heavy atom. The Morgan fingerprint density at radius 3 is 1.91 bits per heavy atom. The number of aliphatic hydroxyl groups is 2. The van der Waals surface area contributed by atoms with Crippen LogP contribution in [-0.2, 0) is 35.9 Å². The van der Waals surface area contributed by atoms with E-state index >= 15 is 0 Å². The molecule has 2 aromatic rings. The summed E-state index contributed by atoms with van der Waals surface area (Å²) in [6.45, 7) is 3.81. The van der Waals surface area contributed by atoms with Crippen LogP contribution in [-0.4, -0.2) is 67.8 Å². The van der Waals surface area contributed by atoms with E-state index in [1.807, 2.05) is 0 Å². The molecule has 0 radical (unpaired) electrons. The lowest BCUT2D eigenvalue weighted by molar-refractivity contribution is -0.985. The molecular weight excluding hydrogens is 456 g/mol. The molecular formula is C25H36N2O8+2. The molecule has 0 aliphatic carbocycles. The Morgan fingerprint density at radius 1 is 0.800 bits per heavy atom. The van der Waals surface area contributed by atoms with Crippen molar-refractivity contribution in [1.82, 2.24) is 0 Å². The first-order chi connectivity index (χ1) is 16.6. The highest BCUT2D eigenvalue weighted by Gasteiger charge is 2.32. The number of hydrogen-bond donors (Lipinski definition) is 8. The molecule has 8 N–H and O–H groups in total. The van der Waals surface area contributed by atoms with Crippen LogP contribution in [0.25, 0.3) is 0 Å². The summed E-state index contributed by atoms with van der Waals surface area (Å²) in [5, 5.41) is 58.8. The number of carbonyl (C=O) groups is 2. The molecule has 4 unspecified atom stereocenters. The second-order valence-corrected chi connectivity index (χ2v) is 8.77. The predicted molar refractivity (Wildman–Crippen MR) is 126 cm³/mol. The quantitative estimate of drug-likeness (QED) is 0.164. The van der Waals surface area contributed by atoms with Gasteiger partial charge in [0.2, 0.25) is 0 Å². The van der Waals surface area contributed by atoms with Crippen molar-refractivity contribution in [2.75, 3.05) is 13.1 Å². The van der Waals surface area contributed by atoms with E-state index in [4.69, 9.17) is 0 Å². The van der Waals surface area contributed by atoms with Gasteiger partial charge >= 0.3 is 11.9 Å². The maximum absolute atomic E-state index is 12.0. The number of benzene rings is 2. The minimum Gasteiger partial charge on any atom is -0.507 e. The van der Waals surface area contributed by atoms with E-state index in [2.05, 4.69) is 0 Å². The number of phenolic OH excluding ortho intramolecular Hbond substituents is 2. The van der Waals surface area contributed by atoms with Crippen LogP contribution < -0.4 is 9.80 Å². The number of carboxylic acid groups (broad SMARTS) is 2. The van der Waals surface area contributed by atoms with Gasteiger partial charge in [-0.15, -0.1) is 0 Å². The van der Waals surface area contributed by atoms with Gasteiger partial charge in [0.1, 0.15) is 37.7 Å². The number of aromatic hydroxyl groups is 2. The van der Waals surface area contributed by atoms with Gasteiger partial charge in [-0.3, -0.25) is 0 Å². The number of nitrogens with one attached hydrogen (secondary N) is 2. The third-order valence-electron chi connectivity index (χ3n) is 6.44. The first-order valence-corrected chi connectivity index (χ1v) is 11.6. The van der Waals surface area contributed by atoms with Gasteiger partial charge in [0.05, 0.1) is 13.2 Å². The van der Waals surface area contributed by atoms with Gasteiger partial charge in [-0.2, -0.15) is 0 Å². The molecule has 35 heavy (non-hydrogen) atoms. The van der Waals surface area contributed by atoms with E-state index in [0.717, 1.165) is 0 Å². The Labute approximate surface area is 204 Å². The summed E-state index contributed by atoms with van der Waals surface area (Å²) < 4.78 is 0. The Balaban J connectivity index is 2.31. The fraction of sp³-hybridized carbons (Fsp3) is 0.440. The van der Waals surface area contributed by atoms with Gasteiger partial charge in [-0.05, 0) is 42.3 Å². The number of aliphatic carboxylic acids is 2. The van der Waals surface area contributed by atoms with Crippen LogP contribution in [0.2, 0.25) is 0 Å². The van der Waals surface area contributed by atoms with E-state index < -0.39 is 24.0 Å². The summed E-state index contributed by atoms with van der Waals surface area (Å²) in [5.74, 6) is -2.06. The van der Waals surface area contributed by atoms with E-state index in [0.29, 0.717) is 38.5 Å². The van der Waals surface area contributed by atoms with Gasteiger partial charge in [0.25, 0.3) is 0 Å². The topological polar surface area (TPSA) is 164 Å². The Bertz CT molecular complexity index is 1010. The van der Waals surface area contributed by atoms with Crippen molar-refractivity contribution < 1.29 is 50.0 Å². The average Bonchev–Trinajstić information content (AvgIpc) is 2.83. The van der Waals surface area contributed by atoms with E-state index in [1.165, 1.54) is 12.1 Å². The van der Waals surface area contributed by atoms with Crippen molar-refractivity contribution in [3.8, 4) is 11.5 Å². The molecule has 0 bridgehead atoms. The van der Waals surface area contributed by atoms with Crippen molar-refractivity contribution in [3.05, 3.63) is 58.7 Å². The minimum atomic E-state index is -1.02. The highest BCUT2D eigenvalue weighted by Crippen LogP contribution is 2.19. The monoisotopic (exact) mass is 492 g/mol. The number of aliphatic hydroxyl groups excluding tert-OH is 2. The molecule has 0 aliphatic heterocycles. The lowest BCUT2D eigenvalue weighted by Gasteiger charge is -2.29. The number of carboxylic acids is 2. The van der Waals surface area contributed by atoms with Crippen molar-refractivity contribution in [2.45, 2.75) is 58.7 Å². The summed E-state index contributed by atoms with van der Waals surface area (Å²) >= 11 is 0. The van der Waals surface area contributed by atoms with Gasteiger partial charge in [-0.25, -0.2) is 9.59 Å². The SMILES string of the molecule is CCC(C(=O)O)[NH+](CC[NH+](Cc1ccc(CO)cc1O)C(C)C(=O)O)Cc1cc(CO)ccc1O. The Kier molecular flexibility index (Phi) is 10.5. The summed E-state index contributed by atoms with van der Waals surface area (Å²) in [6, 6.07) is 7.80. The summed E-state index contributed by atoms with van der Waals surface area (Å²) in [6.07, 6.45) is 0.332. The molecule has 0 fully saturated rings. The van der Waals surface area contributed by atoms with E-state index in [-0.39, 0.29) is 50.9 Å². The van der Waals surface area contributed by atoms with Crippen molar-refractivity contribution in [2.24, 2.45) is 0 Å². The summed E-state index contributed by atoms with van der Waals surface area (Å²) in [7, 11) is 0. The molecule has 0 aliphatic rings. The largest absolute Gasteiger partial charge is 0.507 e. The zero-order valence-corrected chi connectivity index (χ0v) is 20.1.